The quantitative estimate of drug-likeness (QED) is 0.169. The minimum absolute atomic E-state index is 0.141. The maximum absolute atomic E-state index is 14.0. The lowest BCUT2D eigenvalue weighted by molar-refractivity contribution is 0.0978. The number of anilines is 1. The lowest BCUT2D eigenvalue weighted by Gasteiger charge is -2.31. The third kappa shape index (κ3) is 6.38. The number of nitrogens with zero attached hydrogens (tertiary/aromatic N) is 2. The summed E-state index contributed by atoms with van der Waals surface area (Å²) in [6, 6.07) is 27.3. The number of benzene rings is 4. The maximum atomic E-state index is 14.0. The van der Waals surface area contributed by atoms with Crippen LogP contribution < -0.4 is 4.90 Å². The van der Waals surface area contributed by atoms with E-state index in [4.69, 9.17) is 11.6 Å². The molecule has 1 unspecified atom stereocenters. The number of aromatic nitrogens is 1. The van der Waals surface area contributed by atoms with Crippen LogP contribution in [-0.2, 0) is 24.4 Å². The first kappa shape index (κ1) is 32.3. The molecular formula is C35H33ClN2O5S2. The van der Waals surface area contributed by atoms with Crippen molar-refractivity contribution in [3.63, 3.8) is 0 Å². The van der Waals surface area contributed by atoms with Crippen LogP contribution in [0.25, 0.3) is 22.0 Å². The van der Waals surface area contributed by atoms with Crippen LogP contribution in [0.1, 0.15) is 48.3 Å². The molecule has 0 fully saturated rings. The summed E-state index contributed by atoms with van der Waals surface area (Å²) in [5, 5.41) is 1.22. The van der Waals surface area contributed by atoms with Crippen molar-refractivity contribution < 1.29 is 21.6 Å². The number of carbonyl (C=O) groups is 1. The Bertz CT molecular complexity index is 2130. The van der Waals surface area contributed by atoms with Gasteiger partial charge in [-0.2, -0.15) is 0 Å². The van der Waals surface area contributed by atoms with Crippen LogP contribution in [0, 0.1) is 0 Å². The van der Waals surface area contributed by atoms with Crippen molar-refractivity contribution in [3.05, 3.63) is 125 Å². The Kier molecular flexibility index (Phi) is 8.65. The molecule has 0 radical (unpaired) electrons. The van der Waals surface area contributed by atoms with Crippen LogP contribution in [0.15, 0.2) is 108 Å². The van der Waals surface area contributed by atoms with E-state index in [1.807, 2.05) is 43.3 Å². The zero-order valence-corrected chi connectivity index (χ0v) is 27.9. The number of hydrogen-bond donors (Lipinski definition) is 0. The number of pyridine rings is 1. The molecule has 7 nitrogen and oxygen atoms in total. The third-order valence-electron chi connectivity index (χ3n) is 8.25. The number of rotatable bonds is 8. The highest BCUT2D eigenvalue weighted by Gasteiger charge is 2.33. The first-order valence-electron chi connectivity index (χ1n) is 14.2. The standard InChI is InChI=1S/C35H33ClN2O5S2/c1-23(38(34(39)24-10-7-6-8-11-24)28-14-16-29(17-15-28)44(4,40)41)30-21-25(13-18-32(30)36)31-22-27(35(2,3)45(5,42)43)20-26-12-9-19-37-33(26)31/h6-23H,1-5H3. The van der Waals surface area contributed by atoms with Crippen LogP contribution in [0.2, 0.25) is 5.02 Å². The van der Waals surface area contributed by atoms with Gasteiger partial charge in [0.05, 0.1) is 21.2 Å². The highest BCUT2D eigenvalue weighted by Crippen LogP contribution is 2.40. The first-order valence-corrected chi connectivity index (χ1v) is 18.3. The monoisotopic (exact) mass is 660 g/mol. The van der Waals surface area contributed by atoms with E-state index in [1.165, 1.54) is 18.4 Å². The fourth-order valence-corrected chi connectivity index (χ4v) is 6.69. The Morgan fingerprint density at radius 2 is 1.51 bits per heavy atom. The second-order valence-corrected chi connectivity index (χ2v) is 16.6. The van der Waals surface area contributed by atoms with Crippen molar-refractivity contribution in [2.45, 2.75) is 36.5 Å². The van der Waals surface area contributed by atoms with Gasteiger partial charge < -0.3 is 4.90 Å². The lowest BCUT2D eigenvalue weighted by Crippen LogP contribution is -2.33. The van der Waals surface area contributed by atoms with Gasteiger partial charge in [-0.05, 0) is 104 Å². The maximum Gasteiger partial charge on any atom is 0.258 e. The van der Waals surface area contributed by atoms with E-state index in [0.29, 0.717) is 32.9 Å². The third-order valence-corrected chi connectivity index (χ3v) is 11.8. The van der Waals surface area contributed by atoms with Crippen LogP contribution in [0.5, 0.6) is 0 Å². The second kappa shape index (κ2) is 12.0. The van der Waals surface area contributed by atoms with Gasteiger partial charge in [-0.3, -0.25) is 9.78 Å². The zero-order chi connectivity index (χ0) is 32.7. The Morgan fingerprint density at radius 1 is 0.844 bits per heavy atom. The molecule has 0 N–H and O–H groups in total. The molecule has 5 aromatic rings. The SMILES string of the molecule is CC(c1cc(-c2cc(C(C)(C)S(C)(=O)=O)cc3cccnc23)ccc1Cl)N(C(=O)c1ccccc1)c1ccc(S(C)(=O)=O)cc1. The number of carbonyl (C=O) groups excluding carboxylic acids is 1. The first-order chi connectivity index (χ1) is 21.1. The number of amides is 1. The number of hydrogen-bond acceptors (Lipinski definition) is 6. The summed E-state index contributed by atoms with van der Waals surface area (Å²) in [4.78, 5) is 20.4. The largest absolute Gasteiger partial charge is 0.301 e. The van der Waals surface area contributed by atoms with Gasteiger partial charge in [-0.25, -0.2) is 16.8 Å². The molecule has 1 atom stereocenters. The van der Waals surface area contributed by atoms with Gasteiger partial charge in [0.1, 0.15) is 0 Å². The Morgan fingerprint density at radius 3 is 2.13 bits per heavy atom. The van der Waals surface area contributed by atoms with Gasteiger partial charge in [0.2, 0.25) is 0 Å². The Labute approximate surface area is 269 Å². The molecule has 0 aliphatic carbocycles. The topological polar surface area (TPSA) is 101 Å². The van der Waals surface area contributed by atoms with Crippen LogP contribution in [0.3, 0.4) is 0 Å². The molecule has 0 saturated carbocycles. The summed E-state index contributed by atoms with van der Waals surface area (Å²) in [5.74, 6) is -0.291. The molecule has 5 rings (SSSR count). The summed E-state index contributed by atoms with van der Waals surface area (Å²) < 4.78 is 48.7. The van der Waals surface area contributed by atoms with Crippen molar-refractivity contribution in [1.29, 1.82) is 0 Å². The number of fused-ring (bicyclic) bond motifs is 1. The molecule has 0 bridgehead atoms. The Balaban J connectivity index is 1.68. The van der Waals surface area contributed by atoms with Crippen molar-refractivity contribution >= 4 is 53.8 Å². The van der Waals surface area contributed by atoms with E-state index in [2.05, 4.69) is 4.98 Å². The van der Waals surface area contributed by atoms with Gasteiger partial charge in [-0.15, -0.1) is 0 Å². The molecule has 1 heterocycles. The molecular weight excluding hydrogens is 628 g/mol. The molecule has 0 saturated heterocycles. The summed E-state index contributed by atoms with van der Waals surface area (Å²) >= 11 is 6.82. The van der Waals surface area contributed by atoms with Gasteiger partial charge in [0.15, 0.2) is 19.7 Å². The van der Waals surface area contributed by atoms with E-state index in [1.54, 1.807) is 73.5 Å². The summed E-state index contributed by atoms with van der Waals surface area (Å²) in [7, 11) is -6.91. The number of halogens is 1. The Hall–Kier alpha value is -4.05. The molecule has 4 aromatic carbocycles. The predicted molar refractivity (Wildman–Crippen MR) is 181 cm³/mol. The molecule has 45 heavy (non-hydrogen) atoms. The molecule has 0 aliphatic heterocycles. The van der Waals surface area contributed by atoms with Crippen LogP contribution in [-0.4, -0.2) is 40.2 Å². The van der Waals surface area contributed by atoms with Crippen molar-refractivity contribution in [1.82, 2.24) is 4.98 Å². The van der Waals surface area contributed by atoms with E-state index in [-0.39, 0.29) is 10.8 Å². The molecule has 1 amide bonds. The zero-order valence-electron chi connectivity index (χ0n) is 25.5. The molecule has 10 heteroatoms. The van der Waals surface area contributed by atoms with E-state index in [0.717, 1.165) is 22.8 Å². The minimum Gasteiger partial charge on any atom is -0.301 e. The summed E-state index contributed by atoms with van der Waals surface area (Å²) in [5.41, 5.74) is 4.38. The lowest BCUT2D eigenvalue weighted by atomic mass is 9.92. The average Bonchev–Trinajstić information content (AvgIpc) is 3.00. The molecule has 1 aromatic heterocycles. The van der Waals surface area contributed by atoms with Crippen LogP contribution in [0.4, 0.5) is 5.69 Å². The van der Waals surface area contributed by atoms with Crippen molar-refractivity contribution in [2.24, 2.45) is 0 Å². The van der Waals surface area contributed by atoms with Gasteiger partial charge >= 0.3 is 0 Å². The van der Waals surface area contributed by atoms with Gasteiger partial charge in [-0.1, -0.05) is 41.9 Å². The van der Waals surface area contributed by atoms with Gasteiger partial charge in [0.25, 0.3) is 5.91 Å². The smallest absolute Gasteiger partial charge is 0.258 e. The van der Waals surface area contributed by atoms with E-state index < -0.39 is 30.5 Å². The fourth-order valence-electron chi connectivity index (χ4n) is 5.24. The van der Waals surface area contributed by atoms with Crippen molar-refractivity contribution in [2.75, 3.05) is 17.4 Å². The molecule has 232 valence electrons. The average molecular weight is 661 g/mol. The molecule has 0 aliphatic rings. The van der Waals surface area contributed by atoms with Crippen LogP contribution >= 0.6 is 11.6 Å². The summed E-state index contributed by atoms with van der Waals surface area (Å²) in [6.45, 7) is 5.22. The van der Waals surface area contributed by atoms with E-state index in [9.17, 15) is 21.6 Å². The number of sulfone groups is 2. The fraction of sp³-hybridized carbons (Fsp3) is 0.200. The normalized spacial score (nSPS) is 13.0. The van der Waals surface area contributed by atoms with E-state index >= 15 is 0 Å². The summed E-state index contributed by atoms with van der Waals surface area (Å²) in [6.07, 6.45) is 4.05. The highest BCUT2D eigenvalue weighted by molar-refractivity contribution is 7.91. The second-order valence-electron chi connectivity index (χ2n) is 11.6. The minimum atomic E-state index is -3.46. The predicted octanol–water partition coefficient (Wildman–Crippen LogP) is 7.65. The highest BCUT2D eigenvalue weighted by atomic mass is 35.5. The van der Waals surface area contributed by atoms with Gasteiger partial charge in [0, 0.05) is 45.9 Å². The molecule has 0 spiro atoms. The van der Waals surface area contributed by atoms with Crippen molar-refractivity contribution in [3.8, 4) is 11.1 Å².